The summed E-state index contributed by atoms with van der Waals surface area (Å²) in [6, 6.07) is 10.2. The molecule has 0 fully saturated rings. The van der Waals surface area contributed by atoms with E-state index in [-0.39, 0.29) is 4.21 Å². The van der Waals surface area contributed by atoms with Gasteiger partial charge in [-0.25, -0.2) is 8.42 Å². The van der Waals surface area contributed by atoms with Gasteiger partial charge in [0.25, 0.3) is 10.0 Å². The molecule has 0 radical (unpaired) electrons. The fourth-order valence-electron chi connectivity index (χ4n) is 1.31. The lowest BCUT2D eigenvalue weighted by molar-refractivity contribution is 0.603. The maximum atomic E-state index is 12.0. The van der Waals surface area contributed by atoms with Gasteiger partial charge in [0.05, 0.1) is 3.79 Å². The van der Waals surface area contributed by atoms with E-state index < -0.39 is 10.0 Å². The number of sulfonamides is 1. The first kappa shape index (κ1) is 13.9. The van der Waals surface area contributed by atoms with Gasteiger partial charge in [0.15, 0.2) is 0 Å². The highest BCUT2D eigenvalue weighted by molar-refractivity contribution is 9.11. The first-order valence-electron chi connectivity index (χ1n) is 4.94. The maximum absolute atomic E-state index is 12.0. The molecule has 2 rings (SSSR count). The second-order valence-electron chi connectivity index (χ2n) is 3.49. The zero-order valence-electron chi connectivity index (χ0n) is 9.06. The van der Waals surface area contributed by atoms with Crippen molar-refractivity contribution >= 4 is 54.6 Å². The summed E-state index contributed by atoms with van der Waals surface area (Å²) in [5.41, 5.74) is 1.46. The predicted molar refractivity (Wildman–Crippen MR) is 78.8 cm³/mol. The van der Waals surface area contributed by atoms with Crippen LogP contribution in [0.1, 0.15) is 5.56 Å². The van der Waals surface area contributed by atoms with Gasteiger partial charge < -0.3 is 0 Å². The largest absolute Gasteiger partial charge is 0.279 e. The van der Waals surface area contributed by atoms with Crippen molar-refractivity contribution < 1.29 is 8.42 Å². The van der Waals surface area contributed by atoms with Crippen LogP contribution in [0.3, 0.4) is 0 Å². The third-order valence-corrected chi connectivity index (χ3v) is 5.98. The van der Waals surface area contributed by atoms with Gasteiger partial charge >= 0.3 is 0 Å². The van der Waals surface area contributed by atoms with E-state index in [2.05, 4.69) is 20.7 Å². The standard InChI is InChI=1S/C11H9BrClNO2S2/c12-10-5-6-11(17-10)18(15,16)14-9-3-1-8(7-13)2-4-9/h1-6,14H,7H2. The van der Waals surface area contributed by atoms with Crippen LogP contribution in [-0.4, -0.2) is 8.42 Å². The van der Waals surface area contributed by atoms with Gasteiger partial charge in [-0.05, 0) is 45.8 Å². The van der Waals surface area contributed by atoms with Crippen LogP contribution >= 0.6 is 38.9 Å². The zero-order valence-corrected chi connectivity index (χ0v) is 13.0. The van der Waals surface area contributed by atoms with E-state index in [1.54, 1.807) is 36.4 Å². The van der Waals surface area contributed by atoms with E-state index in [4.69, 9.17) is 11.6 Å². The number of thiophene rings is 1. The SMILES string of the molecule is O=S(=O)(Nc1ccc(CCl)cc1)c1ccc(Br)s1. The van der Waals surface area contributed by atoms with Gasteiger partial charge in [0.1, 0.15) is 4.21 Å². The molecule has 3 nitrogen and oxygen atoms in total. The van der Waals surface area contributed by atoms with E-state index >= 15 is 0 Å². The number of benzene rings is 1. The Labute approximate surface area is 123 Å². The Bertz CT molecular complexity index is 637. The fraction of sp³-hybridized carbons (Fsp3) is 0.0909. The molecule has 0 unspecified atom stereocenters. The summed E-state index contributed by atoms with van der Waals surface area (Å²) >= 11 is 10.1. The smallest absolute Gasteiger partial charge is 0.271 e. The minimum absolute atomic E-state index is 0.274. The molecule has 0 saturated carbocycles. The van der Waals surface area contributed by atoms with Crippen LogP contribution in [0, 0.1) is 0 Å². The van der Waals surface area contributed by atoms with Crippen molar-refractivity contribution in [2.45, 2.75) is 10.1 Å². The highest BCUT2D eigenvalue weighted by Crippen LogP contribution is 2.27. The van der Waals surface area contributed by atoms with Crippen LogP contribution in [0.5, 0.6) is 0 Å². The van der Waals surface area contributed by atoms with Gasteiger partial charge in [-0.15, -0.1) is 22.9 Å². The molecule has 0 saturated heterocycles. The number of halogens is 2. The lowest BCUT2D eigenvalue weighted by Gasteiger charge is -2.06. The van der Waals surface area contributed by atoms with Gasteiger partial charge in [-0.2, -0.15) is 0 Å². The summed E-state index contributed by atoms with van der Waals surface area (Å²) < 4.78 is 27.6. The molecule has 2 aromatic rings. The van der Waals surface area contributed by atoms with E-state index in [0.29, 0.717) is 11.6 Å². The third-order valence-electron chi connectivity index (χ3n) is 2.17. The second-order valence-corrected chi connectivity index (χ2v) is 8.13. The minimum atomic E-state index is -3.51. The monoisotopic (exact) mass is 365 g/mol. The van der Waals surface area contributed by atoms with Gasteiger partial charge in [0.2, 0.25) is 0 Å². The van der Waals surface area contributed by atoms with Crippen LogP contribution in [0.25, 0.3) is 0 Å². The quantitative estimate of drug-likeness (QED) is 0.830. The van der Waals surface area contributed by atoms with Crippen molar-refractivity contribution in [1.82, 2.24) is 0 Å². The Balaban J connectivity index is 2.22. The number of rotatable bonds is 4. The van der Waals surface area contributed by atoms with Crippen molar-refractivity contribution in [3.05, 3.63) is 45.7 Å². The lowest BCUT2D eigenvalue weighted by atomic mass is 10.2. The first-order valence-corrected chi connectivity index (χ1v) is 8.57. The Morgan fingerprint density at radius 2 is 1.83 bits per heavy atom. The van der Waals surface area contributed by atoms with Crippen molar-refractivity contribution in [3.8, 4) is 0 Å². The normalized spacial score (nSPS) is 11.4. The zero-order chi connectivity index (χ0) is 13.2. The molecule has 96 valence electrons. The molecule has 0 atom stereocenters. The summed E-state index contributed by atoms with van der Waals surface area (Å²) in [6.07, 6.45) is 0. The van der Waals surface area contributed by atoms with Gasteiger partial charge in [-0.3, -0.25) is 4.72 Å². The topological polar surface area (TPSA) is 46.2 Å². The fourth-order valence-corrected chi connectivity index (χ4v) is 4.56. The Kier molecular flexibility index (Phi) is 4.32. The maximum Gasteiger partial charge on any atom is 0.271 e. The molecule has 1 aromatic carbocycles. The molecule has 1 aromatic heterocycles. The van der Waals surface area contributed by atoms with Crippen LogP contribution in [0.2, 0.25) is 0 Å². The van der Waals surface area contributed by atoms with Crippen LogP contribution in [0.4, 0.5) is 5.69 Å². The second kappa shape index (κ2) is 5.61. The van der Waals surface area contributed by atoms with Crippen LogP contribution < -0.4 is 4.72 Å². The van der Waals surface area contributed by atoms with E-state index in [1.807, 2.05) is 0 Å². The van der Waals surface area contributed by atoms with Crippen molar-refractivity contribution in [2.75, 3.05) is 4.72 Å². The summed E-state index contributed by atoms with van der Waals surface area (Å²) in [5.74, 6) is 0.408. The highest BCUT2D eigenvalue weighted by Gasteiger charge is 2.16. The van der Waals surface area contributed by atoms with Crippen LogP contribution in [-0.2, 0) is 15.9 Å². The number of anilines is 1. The highest BCUT2D eigenvalue weighted by atomic mass is 79.9. The van der Waals surface area contributed by atoms with Crippen molar-refractivity contribution in [3.63, 3.8) is 0 Å². The van der Waals surface area contributed by atoms with Gasteiger partial charge in [-0.1, -0.05) is 12.1 Å². The molecule has 0 spiro atoms. The number of hydrogen-bond donors (Lipinski definition) is 1. The average Bonchev–Trinajstić information content (AvgIpc) is 2.77. The number of hydrogen-bond acceptors (Lipinski definition) is 3. The molecule has 0 aliphatic heterocycles. The number of alkyl halides is 1. The molecule has 0 aliphatic rings. The average molecular weight is 367 g/mol. The molecule has 7 heteroatoms. The Morgan fingerprint density at radius 3 is 2.33 bits per heavy atom. The molecular weight excluding hydrogens is 358 g/mol. The Morgan fingerprint density at radius 1 is 1.17 bits per heavy atom. The number of nitrogens with one attached hydrogen (secondary N) is 1. The van der Waals surface area contributed by atoms with E-state index in [1.165, 1.54) is 11.3 Å². The van der Waals surface area contributed by atoms with Crippen molar-refractivity contribution in [2.24, 2.45) is 0 Å². The Hall–Kier alpha value is -0.560. The van der Waals surface area contributed by atoms with Crippen molar-refractivity contribution in [1.29, 1.82) is 0 Å². The molecule has 0 bridgehead atoms. The van der Waals surface area contributed by atoms with Gasteiger partial charge in [0, 0.05) is 11.6 Å². The molecular formula is C11H9BrClNO2S2. The predicted octanol–water partition coefficient (Wildman–Crippen LogP) is 4.05. The molecule has 1 heterocycles. The summed E-state index contributed by atoms with van der Waals surface area (Å²) in [5, 5.41) is 0. The summed E-state index contributed by atoms with van der Waals surface area (Å²) in [6.45, 7) is 0. The lowest BCUT2D eigenvalue weighted by Crippen LogP contribution is -2.11. The first-order chi connectivity index (χ1) is 8.51. The molecule has 0 amide bonds. The summed E-state index contributed by atoms with van der Waals surface area (Å²) in [7, 11) is -3.51. The molecule has 0 aliphatic carbocycles. The molecule has 18 heavy (non-hydrogen) atoms. The minimum Gasteiger partial charge on any atom is -0.279 e. The molecule has 1 N–H and O–H groups in total. The summed E-state index contributed by atoms with van der Waals surface area (Å²) in [4.78, 5) is 0. The third kappa shape index (κ3) is 3.26. The van der Waals surface area contributed by atoms with E-state index in [9.17, 15) is 8.42 Å². The van der Waals surface area contributed by atoms with E-state index in [0.717, 1.165) is 9.35 Å². The van der Waals surface area contributed by atoms with Crippen LogP contribution in [0.15, 0.2) is 44.4 Å².